The van der Waals surface area contributed by atoms with E-state index in [4.69, 9.17) is 4.74 Å². The third-order valence-corrected chi connectivity index (χ3v) is 1.83. The summed E-state index contributed by atoms with van der Waals surface area (Å²) in [6.45, 7) is 3.89. The molecule has 0 spiro atoms. The van der Waals surface area contributed by atoms with Crippen LogP contribution in [0.5, 0.6) is 0 Å². The van der Waals surface area contributed by atoms with Gasteiger partial charge in [-0.2, -0.15) is 0 Å². The number of hydrogen-bond donors (Lipinski definition) is 0. The average Bonchev–Trinajstić information content (AvgIpc) is 2.10. The van der Waals surface area contributed by atoms with E-state index in [1.807, 2.05) is 0 Å². The van der Waals surface area contributed by atoms with Crippen molar-refractivity contribution in [2.75, 3.05) is 19.8 Å². The van der Waals surface area contributed by atoms with E-state index >= 15 is 0 Å². The van der Waals surface area contributed by atoms with Gasteiger partial charge in [-0.3, -0.25) is 0 Å². The van der Waals surface area contributed by atoms with E-state index in [0.717, 1.165) is 26.1 Å². The lowest BCUT2D eigenvalue weighted by Crippen LogP contribution is -1.97. The van der Waals surface area contributed by atoms with Crippen LogP contribution in [0.3, 0.4) is 0 Å². The van der Waals surface area contributed by atoms with Crippen molar-refractivity contribution < 1.29 is 9.84 Å². The quantitative estimate of drug-likeness (QED) is 0.493. The van der Waals surface area contributed by atoms with Crippen LogP contribution < -0.4 is 0 Å². The van der Waals surface area contributed by atoms with E-state index < -0.39 is 0 Å². The largest absolute Gasteiger partial charge is 0.381 e. The Morgan fingerprint density at radius 1 is 0.917 bits per heavy atom. The first-order valence-electron chi connectivity index (χ1n) is 5.07. The summed E-state index contributed by atoms with van der Waals surface area (Å²) in [6.07, 6.45) is 6.72. The summed E-state index contributed by atoms with van der Waals surface area (Å²) in [7, 11) is 0. The van der Waals surface area contributed by atoms with Gasteiger partial charge in [0.1, 0.15) is 0 Å². The van der Waals surface area contributed by atoms with Gasteiger partial charge in [-0.15, -0.1) is 0 Å². The molecule has 2 nitrogen and oxygen atoms in total. The van der Waals surface area contributed by atoms with Gasteiger partial charge in [0.15, 0.2) is 0 Å². The summed E-state index contributed by atoms with van der Waals surface area (Å²) >= 11 is 0. The molecule has 0 heterocycles. The van der Waals surface area contributed by atoms with Crippen LogP contribution in [0.1, 0.15) is 45.4 Å². The second kappa shape index (κ2) is 10.9. The van der Waals surface area contributed by atoms with Crippen LogP contribution in [-0.2, 0) is 9.84 Å². The van der Waals surface area contributed by atoms with Crippen LogP contribution in [0.15, 0.2) is 0 Å². The molecule has 1 radical (unpaired) electrons. The smallest absolute Gasteiger partial charge is 0.0823 e. The normalized spacial score (nSPS) is 10.5. The van der Waals surface area contributed by atoms with Gasteiger partial charge < -0.3 is 4.74 Å². The molecule has 0 bridgehead atoms. The highest BCUT2D eigenvalue weighted by Gasteiger charge is 1.89. The molecule has 0 unspecified atom stereocenters. The average molecular weight is 173 g/mol. The Morgan fingerprint density at radius 2 is 1.58 bits per heavy atom. The fraction of sp³-hybridized carbons (Fsp3) is 1.00. The summed E-state index contributed by atoms with van der Waals surface area (Å²) < 4.78 is 5.34. The van der Waals surface area contributed by atoms with Gasteiger partial charge in [0.25, 0.3) is 0 Å². The minimum Gasteiger partial charge on any atom is -0.381 e. The molecule has 73 valence electrons. The van der Waals surface area contributed by atoms with Gasteiger partial charge in [-0.1, -0.05) is 26.2 Å². The third-order valence-electron chi connectivity index (χ3n) is 1.83. The summed E-state index contributed by atoms with van der Waals surface area (Å²) in [5, 5.41) is 10.0. The standard InChI is InChI=1S/C10H21O2/c1-2-3-4-6-9-12-10-7-5-8-11/h2-10H2,1H3. The molecule has 0 saturated carbocycles. The molecule has 0 aromatic heterocycles. The Balaban J connectivity index is 2.73. The van der Waals surface area contributed by atoms with Crippen LogP contribution in [-0.4, -0.2) is 19.8 Å². The van der Waals surface area contributed by atoms with Gasteiger partial charge in [0.2, 0.25) is 0 Å². The zero-order chi connectivity index (χ0) is 9.07. The Kier molecular flexibility index (Phi) is 10.8. The van der Waals surface area contributed by atoms with E-state index in [1.54, 1.807) is 0 Å². The van der Waals surface area contributed by atoms with Crippen molar-refractivity contribution in [3.05, 3.63) is 0 Å². The molecular formula is C10H21O2. The molecule has 0 atom stereocenters. The zero-order valence-electron chi connectivity index (χ0n) is 8.18. The molecule has 0 aromatic rings. The molecule has 0 aliphatic carbocycles. The van der Waals surface area contributed by atoms with Crippen molar-refractivity contribution in [3.63, 3.8) is 0 Å². The van der Waals surface area contributed by atoms with Crippen molar-refractivity contribution in [1.29, 1.82) is 0 Å². The van der Waals surface area contributed by atoms with Gasteiger partial charge in [0, 0.05) is 13.2 Å². The van der Waals surface area contributed by atoms with Gasteiger partial charge in [-0.05, 0) is 19.3 Å². The van der Waals surface area contributed by atoms with Crippen molar-refractivity contribution in [2.45, 2.75) is 45.4 Å². The number of hydrogen-bond acceptors (Lipinski definition) is 1. The Hall–Kier alpha value is -0.0800. The molecule has 0 fully saturated rings. The molecule has 0 N–H and O–H groups in total. The monoisotopic (exact) mass is 173 g/mol. The Morgan fingerprint density at radius 3 is 2.17 bits per heavy atom. The number of ether oxygens (including phenoxy) is 1. The summed E-state index contributed by atoms with van der Waals surface area (Å²) in [6, 6.07) is 0. The fourth-order valence-corrected chi connectivity index (χ4v) is 1.04. The first kappa shape index (κ1) is 11.9. The molecule has 0 aliphatic rings. The lowest BCUT2D eigenvalue weighted by atomic mass is 10.2. The molecule has 2 heteroatoms. The summed E-state index contributed by atoms with van der Waals surface area (Å²) in [5.41, 5.74) is 0. The molecular weight excluding hydrogens is 152 g/mol. The van der Waals surface area contributed by atoms with Crippen LogP contribution in [0.2, 0.25) is 0 Å². The third kappa shape index (κ3) is 9.92. The highest BCUT2D eigenvalue weighted by atomic mass is 16.5. The second-order valence-corrected chi connectivity index (χ2v) is 3.08. The van der Waals surface area contributed by atoms with Crippen molar-refractivity contribution in [1.82, 2.24) is 0 Å². The SMILES string of the molecule is CCCCCCOCCCC[O]. The first-order chi connectivity index (χ1) is 5.91. The highest BCUT2D eigenvalue weighted by Crippen LogP contribution is 1.99. The summed E-state index contributed by atoms with van der Waals surface area (Å²) in [5.74, 6) is 0. The topological polar surface area (TPSA) is 29.1 Å². The van der Waals surface area contributed by atoms with E-state index in [9.17, 15) is 5.11 Å². The zero-order valence-corrected chi connectivity index (χ0v) is 8.18. The minimum atomic E-state index is 0.0409. The maximum Gasteiger partial charge on any atom is 0.0823 e. The van der Waals surface area contributed by atoms with Crippen LogP contribution in [0, 0.1) is 0 Å². The predicted octanol–water partition coefficient (Wildman–Crippen LogP) is 2.79. The lowest BCUT2D eigenvalue weighted by Gasteiger charge is -2.02. The van der Waals surface area contributed by atoms with Gasteiger partial charge >= 0.3 is 0 Å². The fourth-order valence-electron chi connectivity index (χ4n) is 1.04. The lowest BCUT2D eigenvalue weighted by molar-refractivity contribution is 0.114. The minimum absolute atomic E-state index is 0.0409. The Bertz CT molecular complexity index is 64.2. The van der Waals surface area contributed by atoms with Gasteiger partial charge in [-0.25, -0.2) is 5.11 Å². The molecule has 0 amide bonds. The van der Waals surface area contributed by atoms with Crippen molar-refractivity contribution in [2.24, 2.45) is 0 Å². The maximum atomic E-state index is 10.0. The van der Waals surface area contributed by atoms with E-state index in [1.165, 1.54) is 25.7 Å². The number of rotatable bonds is 9. The van der Waals surface area contributed by atoms with Crippen LogP contribution in [0.4, 0.5) is 0 Å². The highest BCUT2D eigenvalue weighted by molar-refractivity contribution is 4.40. The predicted molar refractivity (Wildman–Crippen MR) is 49.7 cm³/mol. The molecule has 0 aliphatic heterocycles. The van der Waals surface area contributed by atoms with Gasteiger partial charge in [0.05, 0.1) is 6.61 Å². The Labute approximate surface area is 75.9 Å². The van der Waals surface area contributed by atoms with E-state index in [-0.39, 0.29) is 6.61 Å². The second-order valence-electron chi connectivity index (χ2n) is 3.08. The van der Waals surface area contributed by atoms with E-state index in [2.05, 4.69) is 6.92 Å². The first-order valence-corrected chi connectivity index (χ1v) is 5.07. The van der Waals surface area contributed by atoms with Crippen LogP contribution >= 0.6 is 0 Å². The molecule has 12 heavy (non-hydrogen) atoms. The molecule has 0 saturated heterocycles. The number of unbranched alkanes of at least 4 members (excludes halogenated alkanes) is 4. The molecule has 0 rings (SSSR count). The van der Waals surface area contributed by atoms with Crippen molar-refractivity contribution >= 4 is 0 Å². The van der Waals surface area contributed by atoms with Crippen LogP contribution in [0.25, 0.3) is 0 Å². The summed E-state index contributed by atoms with van der Waals surface area (Å²) in [4.78, 5) is 0. The molecule has 0 aromatic carbocycles. The van der Waals surface area contributed by atoms with E-state index in [0.29, 0.717) is 0 Å². The van der Waals surface area contributed by atoms with Crippen molar-refractivity contribution in [3.8, 4) is 0 Å². The maximum absolute atomic E-state index is 10.0.